The molecule has 2 aliphatic carbocycles. The van der Waals surface area contributed by atoms with E-state index in [1.54, 1.807) is 0 Å². The van der Waals surface area contributed by atoms with E-state index in [9.17, 15) is 0 Å². The van der Waals surface area contributed by atoms with Crippen molar-refractivity contribution in [3.63, 3.8) is 0 Å². The summed E-state index contributed by atoms with van der Waals surface area (Å²) >= 11 is 3.56. The van der Waals surface area contributed by atoms with Gasteiger partial charge in [0.15, 0.2) is 0 Å². The zero-order chi connectivity index (χ0) is 52.7. The lowest BCUT2D eigenvalue weighted by Crippen LogP contribution is -2.15. The highest BCUT2D eigenvalue weighted by atomic mass is 79.9. The third-order valence-electron chi connectivity index (χ3n) is 15.9. The highest BCUT2D eigenvalue weighted by Crippen LogP contribution is 2.51. The van der Waals surface area contributed by atoms with Crippen molar-refractivity contribution < 1.29 is 0 Å². The number of hydrogen-bond donors (Lipinski definition) is 2. The Hall–Kier alpha value is -8.76. The van der Waals surface area contributed by atoms with Gasteiger partial charge in [-0.15, -0.1) is 0 Å². The van der Waals surface area contributed by atoms with E-state index in [1.807, 2.05) is 24.3 Å². The zero-order valence-electron chi connectivity index (χ0n) is 43.9. The maximum Gasteiger partial charge on any atom is 0.0464 e. The number of hydrogen-bond acceptors (Lipinski definition) is 2. The number of nitrogen functional groups attached to an aromatic ring is 1. The van der Waals surface area contributed by atoms with Crippen LogP contribution >= 0.6 is 15.9 Å². The summed E-state index contributed by atoms with van der Waals surface area (Å²) < 4.78 is 1.16. The Morgan fingerprint density at radius 2 is 0.744 bits per heavy atom. The lowest BCUT2D eigenvalue weighted by atomic mass is 9.82. The Kier molecular flexibility index (Phi) is 14.0. The van der Waals surface area contributed by atoms with Crippen LogP contribution in [0, 0.1) is 0 Å². The fourth-order valence-corrected chi connectivity index (χ4v) is 12.2. The van der Waals surface area contributed by atoms with Crippen LogP contribution in [0.2, 0.25) is 0 Å². The molecule has 0 atom stereocenters. The average Bonchev–Trinajstić information content (AvgIpc) is 4.02. The molecular weight excluding hydrogens is 1010 g/mol. The second-order valence-electron chi connectivity index (χ2n) is 21.3. The Bertz CT molecular complexity index is 4140. The van der Waals surface area contributed by atoms with Crippen LogP contribution in [0.3, 0.4) is 0 Å². The van der Waals surface area contributed by atoms with Gasteiger partial charge in [0, 0.05) is 43.5 Å². The van der Waals surface area contributed by atoms with Gasteiger partial charge in [-0.1, -0.05) is 269 Å². The van der Waals surface area contributed by atoms with Gasteiger partial charge in [-0.25, -0.2) is 0 Å². The summed E-state index contributed by atoms with van der Waals surface area (Å²) in [6.07, 6.45) is 0. The Balaban J connectivity index is 0.000000137. The minimum atomic E-state index is -0.0237. The molecule has 0 fully saturated rings. The van der Waals surface area contributed by atoms with E-state index in [4.69, 9.17) is 5.73 Å². The maximum atomic E-state index is 6.21. The molecule has 12 aromatic rings. The first-order valence-electron chi connectivity index (χ1n) is 26.5. The van der Waals surface area contributed by atoms with Crippen molar-refractivity contribution in [3.8, 4) is 66.8 Å². The van der Waals surface area contributed by atoms with E-state index in [0.717, 1.165) is 32.7 Å². The Morgan fingerprint density at radius 3 is 1.32 bits per heavy atom. The lowest BCUT2D eigenvalue weighted by Gasteiger charge is -2.22. The van der Waals surface area contributed by atoms with Crippen LogP contribution in [0.4, 0.5) is 17.1 Å². The first-order valence-corrected chi connectivity index (χ1v) is 27.3. The Labute approximate surface area is 469 Å². The fraction of sp³-hybridized carbons (Fsp3) is 0.0933. The maximum absolute atomic E-state index is 6.21. The van der Waals surface area contributed by atoms with Crippen molar-refractivity contribution >= 4 is 54.5 Å². The summed E-state index contributed by atoms with van der Waals surface area (Å²) in [7, 11) is 0. The molecule has 380 valence electrons. The van der Waals surface area contributed by atoms with Gasteiger partial charge in [-0.3, -0.25) is 0 Å². The van der Waals surface area contributed by atoms with Crippen molar-refractivity contribution in [1.82, 2.24) is 0 Å². The highest BCUT2D eigenvalue weighted by Gasteiger charge is 2.36. The van der Waals surface area contributed by atoms with E-state index >= 15 is 0 Å². The summed E-state index contributed by atoms with van der Waals surface area (Å²) in [5.41, 5.74) is 29.9. The summed E-state index contributed by atoms with van der Waals surface area (Å²) in [6, 6.07) is 95.0. The van der Waals surface area contributed by atoms with Gasteiger partial charge in [0.2, 0.25) is 0 Å². The number of nitrogens with two attached hydrogens (primary N) is 1. The normalized spacial score (nSPS) is 12.8. The second kappa shape index (κ2) is 21.3. The minimum absolute atomic E-state index is 0. The number of anilines is 3. The molecule has 2 aliphatic rings. The summed E-state index contributed by atoms with van der Waals surface area (Å²) in [5.74, 6) is 0. The average molecular weight is 1070 g/mol. The van der Waals surface area contributed by atoms with Gasteiger partial charge in [0.25, 0.3) is 0 Å². The van der Waals surface area contributed by atoms with Crippen molar-refractivity contribution in [3.05, 3.63) is 294 Å². The number of halogens is 1. The van der Waals surface area contributed by atoms with Crippen LogP contribution in [0.15, 0.2) is 271 Å². The third-order valence-corrected chi connectivity index (χ3v) is 16.3. The summed E-state index contributed by atoms with van der Waals surface area (Å²) in [5, 5.41) is 8.83. The number of nitrogens with one attached hydrogen (secondary N) is 1. The number of benzene rings is 12. The van der Waals surface area contributed by atoms with Gasteiger partial charge >= 0.3 is 0 Å². The number of rotatable bonds is 6. The van der Waals surface area contributed by atoms with Gasteiger partial charge < -0.3 is 11.1 Å². The third kappa shape index (κ3) is 9.61. The largest absolute Gasteiger partial charge is 0.398 e. The molecule has 78 heavy (non-hydrogen) atoms. The van der Waals surface area contributed by atoms with Crippen LogP contribution in [0.5, 0.6) is 0 Å². The molecule has 0 saturated heterocycles. The lowest BCUT2D eigenvalue weighted by molar-refractivity contribution is 0.660. The highest BCUT2D eigenvalue weighted by molar-refractivity contribution is 9.10. The van der Waals surface area contributed by atoms with Crippen LogP contribution in [-0.4, -0.2) is 0 Å². The molecule has 3 heteroatoms. The van der Waals surface area contributed by atoms with E-state index in [1.165, 1.54) is 99.4 Å². The van der Waals surface area contributed by atoms with Crippen LogP contribution < -0.4 is 11.1 Å². The van der Waals surface area contributed by atoms with Gasteiger partial charge in [0.05, 0.1) is 0 Å². The molecule has 0 spiro atoms. The topological polar surface area (TPSA) is 38.0 Å². The fourth-order valence-electron chi connectivity index (χ4n) is 11.8. The van der Waals surface area contributed by atoms with Gasteiger partial charge in [-0.2, -0.15) is 0 Å². The van der Waals surface area contributed by atoms with Crippen molar-refractivity contribution in [2.24, 2.45) is 0 Å². The molecule has 2 nitrogen and oxygen atoms in total. The van der Waals surface area contributed by atoms with E-state index in [2.05, 4.69) is 292 Å². The van der Waals surface area contributed by atoms with Crippen LogP contribution in [0.25, 0.3) is 88.3 Å². The molecule has 0 amide bonds. The number of fused-ring (bicyclic) bond motifs is 8. The first-order chi connectivity index (χ1) is 37.5. The van der Waals surface area contributed by atoms with Crippen molar-refractivity contribution in [2.75, 3.05) is 11.1 Å². The Morgan fingerprint density at radius 1 is 0.321 bits per heavy atom. The summed E-state index contributed by atoms with van der Waals surface area (Å²) in [4.78, 5) is 0. The molecule has 12 aromatic carbocycles. The molecular formula is C75H63BrN2. The molecule has 0 saturated carbocycles. The quantitative estimate of drug-likeness (QED) is 0.163. The zero-order valence-corrected chi connectivity index (χ0v) is 45.4. The molecule has 0 aliphatic heterocycles. The van der Waals surface area contributed by atoms with Gasteiger partial charge in [0.1, 0.15) is 0 Å². The predicted molar refractivity (Wildman–Crippen MR) is 340 cm³/mol. The van der Waals surface area contributed by atoms with Crippen molar-refractivity contribution in [1.29, 1.82) is 0 Å². The van der Waals surface area contributed by atoms with E-state index < -0.39 is 0 Å². The molecule has 0 heterocycles. The van der Waals surface area contributed by atoms with Gasteiger partial charge in [-0.05, 0) is 148 Å². The molecule has 0 radical (unpaired) electrons. The van der Waals surface area contributed by atoms with Crippen molar-refractivity contribution in [2.45, 2.75) is 46.0 Å². The smallest absolute Gasteiger partial charge is 0.0464 e. The van der Waals surface area contributed by atoms with E-state index in [-0.39, 0.29) is 18.3 Å². The molecule has 3 N–H and O–H groups in total. The molecule has 0 bridgehead atoms. The monoisotopic (exact) mass is 1070 g/mol. The van der Waals surface area contributed by atoms with Crippen LogP contribution in [-0.2, 0) is 10.8 Å². The SMILES string of the molecule is C.CC1(C)c2ccccc2-c2ccc(Br)cc21.CC1(C)c2ccccc2-c2ccc(Nc3ccc(-c4cccc5ccccc45)cc3-c3ccccc3)cc21.Nc1ccc(-c2cccc3ccccc23)cc1-c1ccccc1. The molecule has 0 aromatic heterocycles. The van der Waals surface area contributed by atoms with Crippen LogP contribution in [0.1, 0.15) is 57.4 Å². The standard InChI is InChI=1S/C37H29N.C22H17N.C15H13Br.CH4/c1-37(2)34-18-9-8-16-31(34)32-21-20-28(24-35(32)37)38-36-22-19-27(23-33(36)26-11-4-3-5-12-26)30-17-10-14-25-13-6-7-15-29(25)30;23-22-14-13-18(15-21(22)17-7-2-1-3-8-17)20-12-6-10-16-9-4-5-11-19(16)20;1-15(2)13-6-4-3-5-11(13)12-8-7-10(16)9-14(12)15;/h3-24,38H,1-2H3;1-15H,23H2;3-9H,1-2H3;1H4. The minimum Gasteiger partial charge on any atom is -0.398 e. The molecule has 0 unspecified atom stereocenters. The summed E-state index contributed by atoms with van der Waals surface area (Å²) in [6.45, 7) is 9.25. The molecule has 14 rings (SSSR count). The first kappa shape index (κ1) is 51.4. The second-order valence-corrected chi connectivity index (χ2v) is 22.2. The van der Waals surface area contributed by atoms with E-state index in [0.29, 0.717) is 0 Å². The predicted octanol–water partition coefficient (Wildman–Crippen LogP) is 21.4.